The molecule has 0 radical (unpaired) electrons. The normalized spacial score (nSPS) is 11.4. The maximum atomic E-state index is 12.5. The van der Waals surface area contributed by atoms with Crippen LogP contribution in [0.1, 0.15) is 38.1 Å². The molecule has 0 saturated carbocycles. The highest BCUT2D eigenvalue weighted by molar-refractivity contribution is 5.75. The lowest BCUT2D eigenvalue weighted by molar-refractivity contribution is -0.121. The van der Waals surface area contributed by atoms with Gasteiger partial charge in [0, 0.05) is 12.2 Å². The van der Waals surface area contributed by atoms with E-state index in [1.807, 2.05) is 0 Å². The minimum atomic E-state index is -2.61. The van der Waals surface area contributed by atoms with E-state index in [4.69, 9.17) is 0 Å². The van der Waals surface area contributed by atoms with Gasteiger partial charge in [-0.2, -0.15) is 5.10 Å². The topological polar surface area (TPSA) is 50.2 Å². The number of hydrogen-bond acceptors (Lipinski definition) is 3. The second kappa shape index (κ2) is 8.71. The second-order valence-corrected chi connectivity index (χ2v) is 4.90. The maximum absolute atomic E-state index is 12.5. The van der Waals surface area contributed by atoms with E-state index in [2.05, 4.69) is 29.2 Å². The third kappa shape index (κ3) is 5.79. The van der Waals surface area contributed by atoms with Crippen molar-refractivity contribution >= 4 is 5.91 Å². The largest absolute Gasteiger partial charge is 0.354 e. The highest BCUT2D eigenvalue weighted by atomic mass is 19.3. The fourth-order valence-electron chi connectivity index (χ4n) is 2.06. The number of hydrogen-bond donors (Lipinski definition) is 1. The van der Waals surface area contributed by atoms with Crippen molar-refractivity contribution in [1.82, 2.24) is 20.0 Å². The summed E-state index contributed by atoms with van der Waals surface area (Å²) in [7, 11) is 0. The molecule has 1 N–H and O–H groups in total. The van der Waals surface area contributed by atoms with E-state index in [1.54, 1.807) is 6.92 Å². The second-order valence-electron chi connectivity index (χ2n) is 4.90. The monoisotopic (exact) mass is 302 g/mol. The third-order valence-corrected chi connectivity index (χ3v) is 3.38. The lowest BCUT2D eigenvalue weighted by atomic mass is 10.3. The first kappa shape index (κ1) is 17.6. The van der Waals surface area contributed by atoms with Crippen molar-refractivity contribution in [3.8, 4) is 0 Å². The standard InChI is InChI=1S/C14H24F2N4O/c1-4-19(5-2)8-6-7-17-13(21)10-20-11(3)9-12(18-20)14(15)16/h9,14H,4-8,10H2,1-3H3,(H,17,21). The summed E-state index contributed by atoms with van der Waals surface area (Å²) >= 11 is 0. The van der Waals surface area contributed by atoms with E-state index in [-0.39, 0.29) is 18.1 Å². The van der Waals surface area contributed by atoms with E-state index in [1.165, 1.54) is 10.7 Å². The van der Waals surface area contributed by atoms with Crippen LogP contribution in [-0.4, -0.2) is 46.8 Å². The molecule has 0 saturated heterocycles. The minimum absolute atomic E-state index is 0.0240. The highest BCUT2D eigenvalue weighted by Crippen LogP contribution is 2.17. The molecule has 0 unspecified atom stereocenters. The number of nitrogens with one attached hydrogen (secondary N) is 1. The van der Waals surface area contributed by atoms with Crippen LogP contribution in [0.25, 0.3) is 0 Å². The Kier molecular flexibility index (Phi) is 7.28. The average molecular weight is 302 g/mol. The SMILES string of the molecule is CCN(CC)CCCNC(=O)Cn1nc(C(F)F)cc1C. The van der Waals surface area contributed by atoms with Crippen LogP contribution in [0.2, 0.25) is 0 Å². The summed E-state index contributed by atoms with van der Waals surface area (Å²) in [4.78, 5) is 14.0. The van der Waals surface area contributed by atoms with Gasteiger partial charge in [0.05, 0.1) is 0 Å². The highest BCUT2D eigenvalue weighted by Gasteiger charge is 2.14. The number of alkyl halides is 2. The average Bonchev–Trinajstić information content (AvgIpc) is 2.80. The van der Waals surface area contributed by atoms with Crippen molar-refractivity contribution in [1.29, 1.82) is 0 Å². The van der Waals surface area contributed by atoms with Crippen molar-refractivity contribution in [3.05, 3.63) is 17.5 Å². The number of carbonyl (C=O) groups excluding carboxylic acids is 1. The molecule has 0 aliphatic heterocycles. The quantitative estimate of drug-likeness (QED) is 0.710. The van der Waals surface area contributed by atoms with Gasteiger partial charge in [0.15, 0.2) is 0 Å². The summed E-state index contributed by atoms with van der Waals surface area (Å²) in [6.07, 6.45) is -1.74. The van der Waals surface area contributed by atoms with Gasteiger partial charge in [-0.15, -0.1) is 0 Å². The van der Waals surface area contributed by atoms with Crippen molar-refractivity contribution in [3.63, 3.8) is 0 Å². The van der Waals surface area contributed by atoms with Gasteiger partial charge >= 0.3 is 0 Å². The number of aromatic nitrogens is 2. The summed E-state index contributed by atoms with van der Waals surface area (Å²) in [6.45, 7) is 9.34. The van der Waals surface area contributed by atoms with Gasteiger partial charge in [-0.3, -0.25) is 9.48 Å². The smallest absolute Gasteiger partial charge is 0.282 e. The summed E-state index contributed by atoms with van der Waals surface area (Å²) < 4.78 is 26.3. The van der Waals surface area contributed by atoms with Crippen LogP contribution in [0.3, 0.4) is 0 Å². The number of nitrogens with zero attached hydrogens (tertiary/aromatic N) is 3. The molecular weight excluding hydrogens is 278 g/mol. The molecule has 0 spiro atoms. The maximum Gasteiger partial charge on any atom is 0.282 e. The van der Waals surface area contributed by atoms with E-state index in [0.717, 1.165) is 26.1 Å². The first-order valence-corrected chi connectivity index (χ1v) is 7.29. The van der Waals surface area contributed by atoms with E-state index in [0.29, 0.717) is 12.2 Å². The molecule has 1 aromatic rings. The summed E-state index contributed by atoms with van der Waals surface area (Å²) in [5, 5.41) is 6.52. The Hall–Kier alpha value is -1.50. The Labute approximate surface area is 124 Å². The third-order valence-electron chi connectivity index (χ3n) is 3.38. The number of aryl methyl sites for hydroxylation is 1. The Bertz CT molecular complexity index is 444. The zero-order valence-corrected chi connectivity index (χ0v) is 12.9. The molecule has 120 valence electrons. The van der Waals surface area contributed by atoms with E-state index in [9.17, 15) is 13.6 Å². The fraction of sp³-hybridized carbons (Fsp3) is 0.714. The van der Waals surface area contributed by atoms with Crippen LogP contribution in [-0.2, 0) is 11.3 Å². The number of carbonyl (C=O) groups is 1. The number of amides is 1. The number of rotatable bonds is 9. The van der Waals surface area contributed by atoms with Gasteiger partial charge in [-0.05, 0) is 39.0 Å². The van der Waals surface area contributed by atoms with Crippen LogP contribution in [0.4, 0.5) is 8.78 Å². The fourth-order valence-corrected chi connectivity index (χ4v) is 2.06. The molecule has 0 aliphatic rings. The molecule has 21 heavy (non-hydrogen) atoms. The molecule has 0 atom stereocenters. The van der Waals surface area contributed by atoms with Crippen molar-refractivity contribution in [2.24, 2.45) is 0 Å². The van der Waals surface area contributed by atoms with E-state index >= 15 is 0 Å². The zero-order valence-electron chi connectivity index (χ0n) is 12.9. The zero-order chi connectivity index (χ0) is 15.8. The van der Waals surface area contributed by atoms with Gasteiger partial charge in [-0.1, -0.05) is 13.8 Å². The molecule has 5 nitrogen and oxygen atoms in total. The predicted octanol–water partition coefficient (Wildman–Crippen LogP) is 1.98. The van der Waals surface area contributed by atoms with Gasteiger partial charge in [0.1, 0.15) is 12.2 Å². The lowest BCUT2D eigenvalue weighted by Gasteiger charge is -2.17. The number of halogens is 2. The first-order valence-electron chi connectivity index (χ1n) is 7.29. The predicted molar refractivity (Wildman–Crippen MR) is 77.3 cm³/mol. The molecule has 1 heterocycles. The first-order chi connectivity index (χ1) is 9.97. The lowest BCUT2D eigenvalue weighted by Crippen LogP contribution is -2.32. The molecule has 1 amide bonds. The van der Waals surface area contributed by atoms with Crippen molar-refractivity contribution in [2.45, 2.75) is 40.2 Å². The van der Waals surface area contributed by atoms with Crippen LogP contribution < -0.4 is 5.32 Å². The Morgan fingerprint density at radius 2 is 2.10 bits per heavy atom. The summed E-state index contributed by atoms with van der Waals surface area (Å²) in [5.41, 5.74) is 0.269. The van der Waals surface area contributed by atoms with E-state index < -0.39 is 6.43 Å². The molecule has 7 heteroatoms. The Balaban J connectivity index is 2.34. The van der Waals surface area contributed by atoms with Crippen LogP contribution in [0, 0.1) is 6.92 Å². The molecular formula is C14H24F2N4O. The summed E-state index contributed by atoms with van der Waals surface area (Å²) in [6, 6.07) is 1.30. The minimum Gasteiger partial charge on any atom is -0.354 e. The van der Waals surface area contributed by atoms with Crippen LogP contribution >= 0.6 is 0 Å². The van der Waals surface area contributed by atoms with Crippen molar-refractivity contribution < 1.29 is 13.6 Å². The van der Waals surface area contributed by atoms with Gasteiger partial charge in [0.25, 0.3) is 6.43 Å². The Morgan fingerprint density at radius 3 is 2.62 bits per heavy atom. The van der Waals surface area contributed by atoms with Gasteiger partial charge in [-0.25, -0.2) is 8.78 Å². The molecule has 0 fully saturated rings. The van der Waals surface area contributed by atoms with Crippen molar-refractivity contribution in [2.75, 3.05) is 26.2 Å². The Morgan fingerprint density at radius 1 is 1.43 bits per heavy atom. The van der Waals surface area contributed by atoms with Gasteiger partial charge in [0.2, 0.25) is 5.91 Å². The summed E-state index contributed by atoms with van der Waals surface area (Å²) in [5.74, 6) is -0.207. The molecule has 1 rings (SSSR count). The van der Waals surface area contributed by atoms with Gasteiger partial charge < -0.3 is 10.2 Å². The van der Waals surface area contributed by atoms with Crippen LogP contribution in [0.5, 0.6) is 0 Å². The molecule has 0 aromatic carbocycles. The molecule has 0 aliphatic carbocycles. The van der Waals surface area contributed by atoms with Crippen LogP contribution in [0.15, 0.2) is 6.07 Å². The molecule has 1 aromatic heterocycles. The molecule has 0 bridgehead atoms.